The van der Waals surface area contributed by atoms with Gasteiger partial charge in [0, 0.05) is 10.8 Å². The molecule has 4 atom stereocenters. The van der Waals surface area contributed by atoms with Crippen LogP contribution in [0.3, 0.4) is 0 Å². The van der Waals surface area contributed by atoms with Gasteiger partial charge in [0.1, 0.15) is 0 Å². The number of hydrogen-bond donors (Lipinski definition) is 2. The van der Waals surface area contributed by atoms with Gasteiger partial charge in [0.2, 0.25) is 0 Å². The quantitative estimate of drug-likeness (QED) is 0.860. The maximum atomic E-state index is 12.3. The highest BCUT2D eigenvalue weighted by Gasteiger charge is 2.74. The highest BCUT2D eigenvalue weighted by molar-refractivity contribution is 6.03. The monoisotopic (exact) mass is 348 g/mol. The van der Waals surface area contributed by atoms with Crippen LogP contribution in [0, 0.1) is 16.2 Å². The van der Waals surface area contributed by atoms with Gasteiger partial charge in [-0.3, -0.25) is 4.79 Å². The van der Waals surface area contributed by atoms with Gasteiger partial charge in [-0.05, 0) is 35.6 Å². The number of hydrogen-bond acceptors (Lipinski definition) is 2. The van der Waals surface area contributed by atoms with Crippen LogP contribution in [-0.2, 0) is 4.79 Å². The number of carbonyl (C=O) groups is 1. The van der Waals surface area contributed by atoms with Crippen LogP contribution in [0.5, 0.6) is 0 Å². The van der Waals surface area contributed by atoms with Gasteiger partial charge in [-0.1, -0.05) is 74.5 Å². The molecule has 0 heterocycles. The van der Waals surface area contributed by atoms with E-state index in [0.29, 0.717) is 6.42 Å². The molecule has 2 bridgehead atoms. The molecule has 0 radical (unpaired) electrons. The lowest BCUT2D eigenvalue weighted by Gasteiger charge is -2.42. The first kappa shape index (κ1) is 17.0. The van der Waals surface area contributed by atoms with Crippen molar-refractivity contribution in [3.63, 3.8) is 0 Å². The Morgan fingerprint density at radius 2 is 1.35 bits per heavy atom. The third-order valence-electron chi connectivity index (χ3n) is 6.95. The van der Waals surface area contributed by atoms with Gasteiger partial charge in [-0.25, -0.2) is 0 Å². The van der Waals surface area contributed by atoms with E-state index in [1.807, 2.05) is 62.4 Å². The van der Waals surface area contributed by atoms with Crippen LogP contribution in [-0.4, -0.2) is 22.3 Å². The average Bonchev–Trinajstić information content (AvgIpc) is 2.91. The van der Waals surface area contributed by atoms with Gasteiger partial charge in [-0.2, -0.15) is 0 Å². The first-order chi connectivity index (χ1) is 12.3. The van der Waals surface area contributed by atoms with E-state index in [-0.39, 0.29) is 0 Å². The molecule has 0 amide bonds. The summed E-state index contributed by atoms with van der Waals surface area (Å²) < 4.78 is 0. The number of benzene rings is 2. The van der Waals surface area contributed by atoms with Crippen LogP contribution in [0.2, 0.25) is 0 Å². The van der Waals surface area contributed by atoms with Gasteiger partial charge in [0.25, 0.3) is 0 Å². The van der Waals surface area contributed by atoms with E-state index >= 15 is 0 Å². The summed E-state index contributed by atoms with van der Waals surface area (Å²) in [5, 5.41) is 21.5. The summed E-state index contributed by atoms with van der Waals surface area (Å²) in [4.78, 5) is 12.3. The fourth-order valence-electron chi connectivity index (χ4n) is 5.56. The number of carboxylic acid groups (broad SMARTS) is 1. The van der Waals surface area contributed by atoms with E-state index in [9.17, 15) is 15.0 Å². The van der Waals surface area contributed by atoms with Crippen LogP contribution in [0.15, 0.2) is 60.7 Å². The Labute approximate surface area is 154 Å². The molecule has 26 heavy (non-hydrogen) atoms. The average molecular weight is 348 g/mol. The Morgan fingerprint density at radius 1 is 0.885 bits per heavy atom. The summed E-state index contributed by atoms with van der Waals surface area (Å²) in [5.74, 6) is -0.844. The lowest BCUT2D eigenvalue weighted by molar-refractivity contribution is -0.153. The number of aliphatic carboxylic acids is 1. The largest absolute Gasteiger partial charge is 0.481 e. The van der Waals surface area contributed by atoms with Crippen molar-refractivity contribution in [3.05, 3.63) is 71.8 Å². The molecule has 0 saturated heterocycles. The molecule has 134 valence electrons. The number of aliphatic hydroxyl groups excluding tert-OH is 1. The van der Waals surface area contributed by atoms with Crippen molar-refractivity contribution in [2.75, 3.05) is 0 Å². The normalized spacial score (nSPS) is 35.8. The molecule has 1 fully saturated rings. The summed E-state index contributed by atoms with van der Waals surface area (Å²) in [6, 6.07) is 20.0. The second-order valence-corrected chi connectivity index (χ2v) is 8.32. The Morgan fingerprint density at radius 3 is 1.81 bits per heavy atom. The molecule has 2 aromatic carbocycles. The molecular weight excluding hydrogens is 324 g/mol. The number of carboxylic acids is 1. The zero-order chi connectivity index (χ0) is 18.7. The van der Waals surface area contributed by atoms with Gasteiger partial charge in [0.15, 0.2) is 0 Å². The Balaban J connectivity index is 2.10. The van der Waals surface area contributed by atoms with E-state index in [0.717, 1.165) is 22.3 Å². The standard InChI is InChI=1S/C23H24O3/c1-21-14-22(2,20(25)26)23(3,19(21)24)18(16-12-8-5-9-13-16)17(21)15-10-6-4-7-11-15/h4-13,19,24H,14H2,1-3H3,(H,25,26)/t19?,21-,22+,23+/m1/s1. The summed E-state index contributed by atoms with van der Waals surface area (Å²) in [7, 11) is 0. The fraction of sp³-hybridized carbons (Fsp3) is 0.348. The van der Waals surface area contributed by atoms with Crippen LogP contribution >= 0.6 is 0 Å². The zero-order valence-electron chi connectivity index (χ0n) is 15.4. The minimum Gasteiger partial charge on any atom is -0.481 e. The molecule has 2 aromatic rings. The zero-order valence-corrected chi connectivity index (χ0v) is 15.4. The molecule has 1 unspecified atom stereocenters. The molecule has 0 spiro atoms. The highest BCUT2D eigenvalue weighted by atomic mass is 16.4. The van der Waals surface area contributed by atoms with Crippen molar-refractivity contribution in [2.45, 2.75) is 33.3 Å². The second-order valence-electron chi connectivity index (χ2n) is 8.32. The van der Waals surface area contributed by atoms with Crippen molar-refractivity contribution in [1.29, 1.82) is 0 Å². The molecular formula is C23H24O3. The minimum atomic E-state index is -1.02. The first-order valence-electron chi connectivity index (χ1n) is 9.04. The van der Waals surface area contributed by atoms with E-state index in [1.54, 1.807) is 6.92 Å². The lowest BCUT2D eigenvalue weighted by atomic mass is 9.59. The predicted molar refractivity (Wildman–Crippen MR) is 102 cm³/mol. The summed E-state index contributed by atoms with van der Waals surface area (Å²) in [5.41, 5.74) is 1.61. The number of aliphatic hydroxyl groups is 1. The van der Waals surface area contributed by atoms with E-state index in [1.165, 1.54) is 0 Å². The first-order valence-corrected chi connectivity index (χ1v) is 9.04. The molecule has 2 aliphatic rings. The smallest absolute Gasteiger partial charge is 0.310 e. The van der Waals surface area contributed by atoms with Gasteiger partial charge in [-0.15, -0.1) is 0 Å². The van der Waals surface area contributed by atoms with Crippen molar-refractivity contribution in [3.8, 4) is 0 Å². The molecule has 0 aliphatic heterocycles. The number of rotatable bonds is 3. The molecule has 4 rings (SSSR count). The molecule has 2 N–H and O–H groups in total. The van der Waals surface area contributed by atoms with Crippen molar-refractivity contribution < 1.29 is 15.0 Å². The van der Waals surface area contributed by atoms with Crippen molar-refractivity contribution in [1.82, 2.24) is 0 Å². The molecule has 3 nitrogen and oxygen atoms in total. The Kier molecular flexibility index (Phi) is 3.48. The van der Waals surface area contributed by atoms with Crippen LogP contribution in [0.1, 0.15) is 38.3 Å². The van der Waals surface area contributed by atoms with Crippen molar-refractivity contribution >= 4 is 17.1 Å². The lowest BCUT2D eigenvalue weighted by Crippen LogP contribution is -2.45. The molecule has 0 aromatic heterocycles. The van der Waals surface area contributed by atoms with Crippen LogP contribution in [0.25, 0.3) is 11.1 Å². The SMILES string of the molecule is C[C@@]1(C(=O)O)C[C@]2(C)C(c3ccccc3)=C(c3ccccc3)[C@@]1(C)C2O. The fourth-order valence-corrected chi connectivity index (χ4v) is 5.56. The van der Waals surface area contributed by atoms with Gasteiger partial charge >= 0.3 is 5.97 Å². The van der Waals surface area contributed by atoms with E-state index < -0.39 is 28.3 Å². The highest BCUT2D eigenvalue weighted by Crippen LogP contribution is 2.75. The topological polar surface area (TPSA) is 57.5 Å². The number of fused-ring (bicyclic) bond motifs is 2. The molecule has 3 heteroatoms. The third-order valence-corrected chi connectivity index (χ3v) is 6.95. The summed E-state index contributed by atoms with van der Waals surface area (Å²) in [6.07, 6.45) is -0.324. The molecule has 1 saturated carbocycles. The maximum absolute atomic E-state index is 12.3. The van der Waals surface area contributed by atoms with Gasteiger partial charge < -0.3 is 10.2 Å². The minimum absolute atomic E-state index is 0.424. The predicted octanol–water partition coefficient (Wildman–Crippen LogP) is 4.48. The van der Waals surface area contributed by atoms with Crippen LogP contribution in [0.4, 0.5) is 0 Å². The Bertz CT molecular complexity index is 902. The van der Waals surface area contributed by atoms with Gasteiger partial charge in [0.05, 0.1) is 11.5 Å². The van der Waals surface area contributed by atoms with Crippen molar-refractivity contribution in [2.24, 2.45) is 16.2 Å². The Hall–Kier alpha value is -2.39. The third kappa shape index (κ3) is 1.84. The molecule has 2 aliphatic carbocycles. The van der Waals surface area contributed by atoms with E-state index in [2.05, 4.69) is 12.1 Å². The summed E-state index contributed by atoms with van der Waals surface area (Å²) >= 11 is 0. The van der Waals surface area contributed by atoms with E-state index in [4.69, 9.17) is 0 Å². The van der Waals surface area contributed by atoms with Crippen LogP contribution < -0.4 is 0 Å². The summed E-state index contributed by atoms with van der Waals surface area (Å²) in [6.45, 7) is 5.73. The second kappa shape index (κ2) is 5.31. The maximum Gasteiger partial charge on any atom is 0.310 e.